The highest BCUT2D eigenvalue weighted by molar-refractivity contribution is 7.05. The third kappa shape index (κ3) is 2.43. The molecule has 2 aromatic heterocycles. The van der Waals surface area contributed by atoms with Gasteiger partial charge < -0.3 is 9.73 Å². The van der Waals surface area contributed by atoms with Crippen LogP contribution in [0.2, 0.25) is 0 Å². The molecular weight excluding hydrogens is 210 g/mol. The summed E-state index contributed by atoms with van der Waals surface area (Å²) < 4.78 is 8.98. The van der Waals surface area contributed by atoms with E-state index in [4.69, 9.17) is 4.42 Å². The highest BCUT2D eigenvalue weighted by Crippen LogP contribution is 2.23. The maximum atomic E-state index is 5.10. The molecule has 0 amide bonds. The van der Waals surface area contributed by atoms with Gasteiger partial charge in [-0.25, -0.2) is 0 Å². The van der Waals surface area contributed by atoms with Gasteiger partial charge in [-0.2, -0.15) is 0 Å². The van der Waals surface area contributed by atoms with Crippen molar-refractivity contribution in [3.63, 3.8) is 0 Å². The summed E-state index contributed by atoms with van der Waals surface area (Å²) in [6.45, 7) is 3.11. The molecule has 0 aromatic carbocycles. The molecule has 2 rings (SSSR count). The van der Waals surface area contributed by atoms with Gasteiger partial charge in [0, 0.05) is 5.56 Å². The number of hydrogen-bond acceptors (Lipinski definition) is 5. The minimum atomic E-state index is 0.156. The minimum Gasteiger partial charge on any atom is -0.472 e. The lowest BCUT2D eigenvalue weighted by molar-refractivity contribution is 0.550. The maximum absolute atomic E-state index is 5.10. The molecule has 0 bridgehead atoms. The fourth-order valence-corrected chi connectivity index (χ4v) is 2.02. The van der Waals surface area contributed by atoms with Gasteiger partial charge in [-0.3, -0.25) is 0 Å². The van der Waals surface area contributed by atoms with E-state index in [2.05, 4.69) is 21.8 Å². The molecule has 0 fully saturated rings. The van der Waals surface area contributed by atoms with Crippen LogP contribution in [0.25, 0.3) is 0 Å². The van der Waals surface area contributed by atoms with E-state index in [1.807, 2.05) is 6.07 Å². The first-order valence-electron chi connectivity index (χ1n) is 4.94. The molecule has 2 heterocycles. The summed E-state index contributed by atoms with van der Waals surface area (Å²) in [5.41, 5.74) is 1.12. The Kier molecular flexibility index (Phi) is 3.47. The summed E-state index contributed by atoms with van der Waals surface area (Å²) in [6, 6.07) is 2.12. The van der Waals surface area contributed by atoms with Gasteiger partial charge in [0.1, 0.15) is 0 Å². The minimum absolute atomic E-state index is 0.156. The van der Waals surface area contributed by atoms with Gasteiger partial charge in [0.25, 0.3) is 0 Å². The van der Waals surface area contributed by atoms with Crippen LogP contribution in [0.5, 0.6) is 0 Å². The zero-order valence-corrected chi connectivity index (χ0v) is 9.33. The molecule has 0 spiro atoms. The van der Waals surface area contributed by atoms with E-state index in [9.17, 15) is 0 Å². The molecule has 0 radical (unpaired) electrons. The molecule has 80 valence electrons. The SMILES string of the molecule is CCCNC(c1ccoc1)c1cnns1. The van der Waals surface area contributed by atoms with Crippen LogP contribution < -0.4 is 5.32 Å². The number of rotatable bonds is 5. The summed E-state index contributed by atoms with van der Waals surface area (Å²) >= 11 is 1.41. The van der Waals surface area contributed by atoms with E-state index in [0.29, 0.717) is 0 Å². The summed E-state index contributed by atoms with van der Waals surface area (Å²) in [4.78, 5) is 1.12. The largest absolute Gasteiger partial charge is 0.472 e. The lowest BCUT2D eigenvalue weighted by Gasteiger charge is -2.13. The number of nitrogens with zero attached hydrogens (tertiary/aromatic N) is 2. The molecule has 0 aliphatic heterocycles. The Hall–Kier alpha value is -1.20. The summed E-state index contributed by atoms with van der Waals surface area (Å²) in [5.74, 6) is 0. The second-order valence-electron chi connectivity index (χ2n) is 3.26. The van der Waals surface area contributed by atoms with E-state index < -0.39 is 0 Å². The Balaban J connectivity index is 2.17. The molecule has 5 heteroatoms. The van der Waals surface area contributed by atoms with Gasteiger partial charge in [0.15, 0.2) is 0 Å². The second-order valence-corrected chi connectivity index (χ2v) is 4.08. The lowest BCUT2D eigenvalue weighted by atomic mass is 10.1. The summed E-state index contributed by atoms with van der Waals surface area (Å²) in [7, 11) is 0. The van der Waals surface area contributed by atoms with E-state index in [-0.39, 0.29) is 6.04 Å². The van der Waals surface area contributed by atoms with Crippen molar-refractivity contribution in [1.82, 2.24) is 14.9 Å². The second kappa shape index (κ2) is 5.04. The number of nitrogens with one attached hydrogen (secondary N) is 1. The number of furan rings is 1. The van der Waals surface area contributed by atoms with Crippen molar-refractivity contribution in [2.45, 2.75) is 19.4 Å². The highest BCUT2D eigenvalue weighted by atomic mass is 32.1. The molecule has 15 heavy (non-hydrogen) atoms. The van der Waals surface area contributed by atoms with Crippen LogP contribution in [0.3, 0.4) is 0 Å². The standard InChI is InChI=1S/C10H13N3OS/c1-2-4-11-10(8-3-5-14-7-8)9-6-12-13-15-9/h3,5-7,10-11H,2,4H2,1H3. The molecule has 0 aliphatic carbocycles. The smallest absolute Gasteiger partial charge is 0.0954 e. The quantitative estimate of drug-likeness (QED) is 0.844. The van der Waals surface area contributed by atoms with Crippen molar-refractivity contribution >= 4 is 11.5 Å². The van der Waals surface area contributed by atoms with Crippen LogP contribution in [0.4, 0.5) is 0 Å². The Morgan fingerprint density at radius 2 is 2.53 bits per heavy atom. The molecule has 0 saturated carbocycles. The molecule has 0 saturated heterocycles. The van der Waals surface area contributed by atoms with Gasteiger partial charge >= 0.3 is 0 Å². The zero-order chi connectivity index (χ0) is 10.5. The zero-order valence-electron chi connectivity index (χ0n) is 8.51. The van der Waals surface area contributed by atoms with Crippen molar-refractivity contribution in [2.75, 3.05) is 6.54 Å². The van der Waals surface area contributed by atoms with Gasteiger partial charge in [-0.15, -0.1) is 5.10 Å². The lowest BCUT2D eigenvalue weighted by Crippen LogP contribution is -2.21. The van der Waals surface area contributed by atoms with E-state index >= 15 is 0 Å². The van der Waals surface area contributed by atoms with Crippen molar-refractivity contribution in [2.24, 2.45) is 0 Å². The third-order valence-corrected chi connectivity index (χ3v) is 2.87. The fourth-order valence-electron chi connectivity index (χ4n) is 1.41. The summed E-state index contributed by atoms with van der Waals surface area (Å²) in [6.07, 6.45) is 6.34. The fraction of sp³-hybridized carbons (Fsp3) is 0.400. The monoisotopic (exact) mass is 223 g/mol. The van der Waals surface area contributed by atoms with Crippen molar-refractivity contribution in [3.05, 3.63) is 35.2 Å². The van der Waals surface area contributed by atoms with Crippen LogP contribution >= 0.6 is 11.5 Å². The third-order valence-electron chi connectivity index (χ3n) is 2.14. The van der Waals surface area contributed by atoms with Gasteiger partial charge in [0.2, 0.25) is 0 Å². The molecule has 4 nitrogen and oxygen atoms in total. The highest BCUT2D eigenvalue weighted by Gasteiger charge is 2.16. The Morgan fingerprint density at radius 3 is 3.13 bits per heavy atom. The average molecular weight is 223 g/mol. The topological polar surface area (TPSA) is 51.0 Å². The molecule has 1 N–H and O–H groups in total. The van der Waals surface area contributed by atoms with Crippen LogP contribution in [-0.4, -0.2) is 16.1 Å². The Bertz CT molecular complexity index is 337. The molecular formula is C10H13N3OS. The predicted molar refractivity (Wildman–Crippen MR) is 58.8 cm³/mol. The van der Waals surface area contributed by atoms with E-state index in [0.717, 1.165) is 23.4 Å². The summed E-state index contributed by atoms with van der Waals surface area (Å²) in [5, 5.41) is 7.30. The maximum Gasteiger partial charge on any atom is 0.0954 e. The van der Waals surface area contributed by atoms with Crippen LogP contribution in [0.1, 0.15) is 29.8 Å². The van der Waals surface area contributed by atoms with Crippen molar-refractivity contribution in [1.29, 1.82) is 0 Å². The van der Waals surface area contributed by atoms with Gasteiger partial charge in [0.05, 0.1) is 29.6 Å². The molecule has 2 aromatic rings. The van der Waals surface area contributed by atoms with Crippen LogP contribution in [-0.2, 0) is 0 Å². The van der Waals surface area contributed by atoms with Crippen molar-refractivity contribution in [3.8, 4) is 0 Å². The molecule has 1 atom stereocenters. The van der Waals surface area contributed by atoms with Crippen molar-refractivity contribution < 1.29 is 4.42 Å². The predicted octanol–water partition coefficient (Wildman–Crippen LogP) is 2.22. The van der Waals surface area contributed by atoms with Crippen LogP contribution in [0.15, 0.2) is 29.2 Å². The normalized spacial score (nSPS) is 12.9. The number of aromatic nitrogens is 2. The Morgan fingerprint density at radius 1 is 1.60 bits per heavy atom. The van der Waals surface area contributed by atoms with Gasteiger partial charge in [-0.05, 0) is 30.6 Å². The average Bonchev–Trinajstić information content (AvgIpc) is 2.90. The first-order chi connectivity index (χ1) is 7.42. The Labute approximate surface area is 92.5 Å². The van der Waals surface area contributed by atoms with Gasteiger partial charge in [-0.1, -0.05) is 11.4 Å². The van der Waals surface area contributed by atoms with Crippen LogP contribution in [0, 0.1) is 0 Å². The first-order valence-corrected chi connectivity index (χ1v) is 5.72. The molecule has 1 unspecified atom stereocenters. The molecule has 0 aliphatic rings. The van der Waals surface area contributed by atoms with E-state index in [1.54, 1.807) is 18.7 Å². The first kappa shape index (κ1) is 10.3. The van der Waals surface area contributed by atoms with E-state index in [1.165, 1.54) is 11.5 Å². The number of hydrogen-bond donors (Lipinski definition) is 1.